The summed E-state index contributed by atoms with van der Waals surface area (Å²) in [6, 6.07) is 8.72. The fraction of sp³-hybridized carbons (Fsp3) is 0.176. The second kappa shape index (κ2) is 5.64. The summed E-state index contributed by atoms with van der Waals surface area (Å²) in [5.41, 5.74) is 4.25. The van der Waals surface area contributed by atoms with E-state index in [1.165, 1.54) is 6.07 Å². The van der Waals surface area contributed by atoms with Gasteiger partial charge in [0.2, 0.25) is 0 Å². The number of hydrogen-bond acceptors (Lipinski definition) is 4. The number of rotatable bonds is 3. The summed E-state index contributed by atoms with van der Waals surface area (Å²) < 4.78 is 1.88. The lowest BCUT2D eigenvalue weighted by molar-refractivity contribution is 0.0697. The van der Waals surface area contributed by atoms with Gasteiger partial charge in [-0.15, -0.1) is 10.2 Å². The van der Waals surface area contributed by atoms with Crippen molar-refractivity contribution in [3.63, 3.8) is 0 Å². The molecule has 6 heteroatoms. The van der Waals surface area contributed by atoms with Gasteiger partial charge < -0.3 is 5.11 Å². The van der Waals surface area contributed by atoms with E-state index in [4.69, 9.17) is 5.11 Å². The molecule has 0 saturated heterocycles. The van der Waals surface area contributed by atoms with Crippen molar-refractivity contribution in [3.05, 3.63) is 58.9 Å². The second-order valence-corrected chi connectivity index (χ2v) is 5.46. The number of carbonyl (C=O) groups is 1. The molecule has 0 radical (unpaired) electrons. The fourth-order valence-corrected chi connectivity index (χ4v) is 2.33. The summed E-state index contributed by atoms with van der Waals surface area (Å²) >= 11 is 0. The molecule has 2 heterocycles. The van der Waals surface area contributed by atoms with Crippen LogP contribution in [-0.4, -0.2) is 20.5 Å². The van der Waals surface area contributed by atoms with Gasteiger partial charge in [-0.1, -0.05) is 12.1 Å². The normalized spacial score (nSPS) is 11.4. The second-order valence-electron chi connectivity index (χ2n) is 5.46. The largest absolute Gasteiger partial charge is 0.478 e. The van der Waals surface area contributed by atoms with E-state index in [1.807, 2.05) is 43.5 Å². The topological polar surface area (TPSA) is 79.3 Å². The molecule has 0 unspecified atom stereocenters. The minimum Gasteiger partial charge on any atom is -0.478 e. The number of fused-ring (bicyclic) bond motifs is 1. The number of azo groups is 1. The number of aromatic carboxylic acids is 1. The Hall–Kier alpha value is -3.02. The highest BCUT2D eigenvalue weighted by atomic mass is 16.4. The third-order valence-electron chi connectivity index (χ3n) is 3.62. The van der Waals surface area contributed by atoms with Crippen molar-refractivity contribution in [2.75, 3.05) is 0 Å². The number of nitrogens with zero attached hydrogens (tertiary/aromatic N) is 4. The maximum atomic E-state index is 11.1. The SMILES string of the molecule is Cc1ccc2nc(C)c(N=Nc3cc(C(=O)O)ccc3C)n2c1. The number of benzene rings is 1. The first-order valence-electron chi connectivity index (χ1n) is 7.16. The average molecular weight is 308 g/mol. The Morgan fingerprint density at radius 3 is 2.65 bits per heavy atom. The van der Waals surface area contributed by atoms with E-state index in [-0.39, 0.29) is 5.56 Å². The van der Waals surface area contributed by atoms with E-state index >= 15 is 0 Å². The molecule has 0 aliphatic carbocycles. The lowest BCUT2D eigenvalue weighted by atomic mass is 10.1. The Morgan fingerprint density at radius 1 is 1.13 bits per heavy atom. The number of hydrogen-bond donors (Lipinski definition) is 1. The van der Waals surface area contributed by atoms with Crippen LogP contribution in [0.4, 0.5) is 11.5 Å². The van der Waals surface area contributed by atoms with Crippen LogP contribution in [0, 0.1) is 20.8 Å². The number of aryl methyl sites for hydroxylation is 3. The van der Waals surface area contributed by atoms with E-state index in [2.05, 4.69) is 15.2 Å². The van der Waals surface area contributed by atoms with Gasteiger partial charge in [-0.2, -0.15) is 0 Å². The Labute approximate surface area is 133 Å². The molecule has 1 N–H and O–H groups in total. The molecule has 1 aromatic carbocycles. The molecule has 0 aliphatic rings. The first-order valence-corrected chi connectivity index (χ1v) is 7.16. The summed E-state index contributed by atoms with van der Waals surface area (Å²) in [5, 5.41) is 17.6. The number of pyridine rings is 1. The third kappa shape index (κ3) is 2.83. The van der Waals surface area contributed by atoms with Crippen molar-refractivity contribution >= 4 is 23.1 Å². The maximum Gasteiger partial charge on any atom is 0.335 e. The molecule has 2 aromatic heterocycles. The molecule has 0 amide bonds. The summed E-state index contributed by atoms with van der Waals surface area (Å²) in [6.07, 6.45) is 1.95. The third-order valence-corrected chi connectivity index (χ3v) is 3.62. The van der Waals surface area contributed by atoms with E-state index < -0.39 is 5.97 Å². The van der Waals surface area contributed by atoms with Gasteiger partial charge in [-0.3, -0.25) is 4.40 Å². The highest BCUT2D eigenvalue weighted by molar-refractivity contribution is 5.88. The molecule has 6 nitrogen and oxygen atoms in total. The van der Waals surface area contributed by atoms with Gasteiger partial charge in [-0.25, -0.2) is 9.78 Å². The maximum absolute atomic E-state index is 11.1. The summed E-state index contributed by atoms with van der Waals surface area (Å²) in [7, 11) is 0. The van der Waals surface area contributed by atoms with Crippen LogP contribution in [0.5, 0.6) is 0 Å². The molecular weight excluding hydrogens is 292 g/mol. The van der Waals surface area contributed by atoms with E-state index in [0.29, 0.717) is 11.5 Å². The monoisotopic (exact) mass is 308 g/mol. The Balaban J connectivity index is 2.07. The molecule has 3 aromatic rings. The van der Waals surface area contributed by atoms with Gasteiger partial charge >= 0.3 is 5.97 Å². The molecule has 3 rings (SSSR count). The molecular formula is C17H16N4O2. The van der Waals surface area contributed by atoms with Crippen LogP contribution in [0.25, 0.3) is 5.65 Å². The zero-order chi connectivity index (χ0) is 16.6. The van der Waals surface area contributed by atoms with Crippen LogP contribution < -0.4 is 0 Å². The van der Waals surface area contributed by atoms with E-state index in [9.17, 15) is 4.79 Å². The van der Waals surface area contributed by atoms with Gasteiger partial charge in [-0.05, 0) is 50.1 Å². The number of carboxylic acid groups (broad SMARTS) is 1. The highest BCUT2D eigenvalue weighted by Crippen LogP contribution is 2.26. The number of carboxylic acids is 1. The van der Waals surface area contributed by atoms with Gasteiger partial charge in [0.05, 0.1) is 16.9 Å². The quantitative estimate of drug-likeness (QED) is 0.729. The fourth-order valence-electron chi connectivity index (χ4n) is 2.33. The summed E-state index contributed by atoms with van der Waals surface area (Å²) in [4.78, 5) is 15.5. The van der Waals surface area contributed by atoms with Gasteiger partial charge in [0.15, 0.2) is 5.82 Å². The summed E-state index contributed by atoms with van der Waals surface area (Å²) in [5.74, 6) is -0.341. The van der Waals surface area contributed by atoms with E-state index in [0.717, 1.165) is 22.5 Å². The highest BCUT2D eigenvalue weighted by Gasteiger charge is 2.09. The van der Waals surface area contributed by atoms with E-state index in [1.54, 1.807) is 12.1 Å². The van der Waals surface area contributed by atoms with Crippen LogP contribution in [0.1, 0.15) is 27.2 Å². The lowest BCUT2D eigenvalue weighted by Gasteiger charge is -2.01. The Bertz CT molecular complexity index is 941. The lowest BCUT2D eigenvalue weighted by Crippen LogP contribution is -1.95. The molecule has 116 valence electrons. The Kier molecular flexibility index (Phi) is 3.65. The zero-order valence-corrected chi connectivity index (χ0v) is 13.1. The smallest absolute Gasteiger partial charge is 0.335 e. The van der Waals surface area contributed by atoms with Crippen LogP contribution >= 0.6 is 0 Å². The first kappa shape index (κ1) is 14.9. The van der Waals surface area contributed by atoms with Crippen molar-refractivity contribution < 1.29 is 9.90 Å². The molecule has 0 atom stereocenters. The minimum atomic E-state index is -0.983. The Morgan fingerprint density at radius 2 is 1.91 bits per heavy atom. The molecule has 23 heavy (non-hydrogen) atoms. The van der Waals surface area contributed by atoms with Crippen LogP contribution in [0.15, 0.2) is 46.8 Å². The van der Waals surface area contributed by atoms with Crippen LogP contribution in [0.2, 0.25) is 0 Å². The molecule has 0 fully saturated rings. The predicted octanol–water partition coefficient (Wildman–Crippen LogP) is 4.37. The summed E-state index contributed by atoms with van der Waals surface area (Å²) in [6.45, 7) is 5.73. The van der Waals surface area contributed by atoms with Crippen molar-refractivity contribution in [1.82, 2.24) is 9.38 Å². The molecule has 0 spiro atoms. The van der Waals surface area contributed by atoms with Crippen molar-refractivity contribution in [2.24, 2.45) is 10.2 Å². The van der Waals surface area contributed by atoms with Crippen molar-refractivity contribution in [2.45, 2.75) is 20.8 Å². The molecule has 0 saturated carbocycles. The van der Waals surface area contributed by atoms with Crippen molar-refractivity contribution in [1.29, 1.82) is 0 Å². The molecule has 0 aliphatic heterocycles. The van der Waals surface area contributed by atoms with Gasteiger partial charge in [0.25, 0.3) is 0 Å². The van der Waals surface area contributed by atoms with Crippen molar-refractivity contribution in [3.8, 4) is 0 Å². The van der Waals surface area contributed by atoms with Gasteiger partial charge in [0, 0.05) is 6.20 Å². The number of imidazole rings is 1. The van der Waals surface area contributed by atoms with Crippen LogP contribution in [-0.2, 0) is 0 Å². The van der Waals surface area contributed by atoms with Gasteiger partial charge in [0.1, 0.15) is 5.65 Å². The molecule has 0 bridgehead atoms. The first-order chi connectivity index (χ1) is 11.0. The average Bonchev–Trinajstić information content (AvgIpc) is 2.81. The predicted molar refractivity (Wildman–Crippen MR) is 87.0 cm³/mol. The van der Waals surface area contributed by atoms with Crippen LogP contribution in [0.3, 0.4) is 0 Å². The standard InChI is InChI=1S/C17H16N4O2/c1-10-4-7-15-18-12(3)16(21(15)9-10)20-19-14-8-13(17(22)23)6-5-11(14)2/h4-9H,1-3H3,(H,22,23). The zero-order valence-electron chi connectivity index (χ0n) is 13.1. The number of aromatic nitrogens is 2. The minimum absolute atomic E-state index is 0.190.